The second-order valence-corrected chi connectivity index (χ2v) is 24.9. The Kier molecular flexibility index (Phi) is 28.3. The standard InChI is InChI=1S/C26H27F3N4O2.C15H14ClF2N3O.C10H11FN2O3.C10H13FN2O.C6H3F2NO2.C5H10O/c1-16(2)33-7-10-35-26-20(28)13-18(14-23(26)33)25-21(29)15-30-24(31-25)12-17-3-4-22(19(27)11-17)32-5-8-34-9-6-32;1-8(2)21-3-4-22-14-10(17)5-9(6-12(14)21)13-11(18)7-19-15(16)20-13;11-9-7-8(13(14)15)1-2-10(9)12-3-5-16-6-4-12;11-9-7-8(12)1-2-10(9)13-3-5-14-6-4-13;7-5-2-1-4(9(10)11)3-6(5)8;1-2-4-6-5-3-1/h3-4,11,13-16H,5-10,12H2,1-2H3;5-8H,3-4H2,1-2H3;1-2,7H,3-6H2;1-2,7H,3-6,12H2;1-3H;1-5H2. The van der Waals surface area contributed by atoms with Crippen LogP contribution >= 0.6 is 11.6 Å². The van der Waals surface area contributed by atoms with Crippen molar-refractivity contribution < 1.29 is 77.8 Å². The predicted molar refractivity (Wildman–Crippen MR) is 376 cm³/mol. The van der Waals surface area contributed by atoms with Gasteiger partial charge in [-0.3, -0.25) is 20.2 Å². The van der Waals surface area contributed by atoms with E-state index in [-0.39, 0.29) is 64.0 Å². The average Bonchev–Trinajstić information content (AvgIpc) is 0.778. The summed E-state index contributed by atoms with van der Waals surface area (Å²) in [5.74, 6) is -5.21. The van der Waals surface area contributed by atoms with Gasteiger partial charge in [-0.05, 0) is 131 Å². The van der Waals surface area contributed by atoms with Crippen LogP contribution in [0.4, 0.5) is 85.0 Å². The summed E-state index contributed by atoms with van der Waals surface area (Å²) in [6.45, 7) is 19.6. The number of hydrogen-bond acceptors (Lipinski definition) is 20. The average molecular weight is 1480 g/mol. The van der Waals surface area contributed by atoms with Crippen molar-refractivity contribution in [3.63, 3.8) is 0 Å². The van der Waals surface area contributed by atoms with Crippen LogP contribution < -0.4 is 39.7 Å². The molecule has 0 bridgehead atoms. The van der Waals surface area contributed by atoms with Gasteiger partial charge in [-0.1, -0.05) is 6.07 Å². The SMILES string of the molecule is C1CCOCC1.CC(C)N1CCOc2c(F)cc(-c3nc(Cc4ccc(N5CCOCC5)c(F)c4)ncc3F)cc21.CC(C)N1CCOc2c(F)cc(-c3nc(Cl)ncc3F)cc21.Nc1ccc(N2CCOCC2)c(F)c1.O=[N+]([O-])c1ccc(F)c(F)c1.O=[N+]([O-])c1ccc(N2CCOCC2)c(F)c1. The van der Waals surface area contributed by atoms with Crippen LogP contribution in [-0.2, 0) is 25.4 Å². The van der Waals surface area contributed by atoms with Crippen molar-refractivity contribution in [2.45, 2.75) is 65.5 Å². The Bertz CT molecular complexity index is 4220. The van der Waals surface area contributed by atoms with E-state index in [1.165, 1.54) is 55.7 Å². The molecule has 4 fully saturated rings. The fourth-order valence-corrected chi connectivity index (χ4v) is 11.8. The maximum absolute atomic E-state index is 14.9. The molecule has 6 aromatic carbocycles. The number of non-ortho nitro benzene ring substituents is 2. The fraction of sp³-hybridized carbons (Fsp3) is 0.389. The van der Waals surface area contributed by atoms with Crippen molar-refractivity contribution in [3.05, 3.63) is 199 Å². The molecular formula is C72H78ClF9N12O10. The third kappa shape index (κ3) is 21.2. The Morgan fingerprint density at radius 3 is 1.29 bits per heavy atom. The first kappa shape index (κ1) is 78.3. The van der Waals surface area contributed by atoms with Crippen LogP contribution in [0.3, 0.4) is 0 Å². The van der Waals surface area contributed by atoms with Crippen molar-refractivity contribution in [1.29, 1.82) is 0 Å². The first-order valence-electron chi connectivity index (χ1n) is 33.5. The number of nitrogens with zero attached hydrogens (tertiary/aromatic N) is 11. The monoisotopic (exact) mass is 1480 g/mol. The molecule has 0 amide bonds. The van der Waals surface area contributed by atoms with Gasteiger partial charge in [0.05, 0.1) is 116 Å². The molecule has 0 radical (unpaired) electrons. The van der Waals surface area contributed by atoms with Gasteiger partial charge < -0.3 is 58.7 Å². The smallest absolute Gasteiger partial charge is 0.272 e. The summed E-state index contributed by atoms with van der Waals surface area (Å²) in [6.07, 6.45) is 6.19. The molecule has 6 aliphatic heterocycles. The zero-order chi connectivity index (χ0) is 74.6. The zero-order valence-electron chi connectivity index (χ0n) is 57.5. The zero-order valence-corrected chi connectivity index (χ0v) is 58.2. The molecular weight excluding hydrogens is 1400 g/mol. The molecule has 0 atom stereocenters. The van der Waals surface area contributed by atoms with Gasteiger partial charge in [-0.15, -0.1) is 0 Å². The van der Waals surface area contributed by atoms with Crippen LogP contribution in [0, 0.1) is 72.6 Å². The molecule has 4 saturated heterocycles. The minimum Gasteiger partial charge on any atom is -0.486 e. The first-order valence-corrected chi connectivity index (χ1v) is 33.9. The van der Waals surface area contributed by atoms with Crippen molar-refractivity contribution >= 4 is 57.1 Å². The van der Waals surface area contributed by atoms with E-state index in [1.54, 1.807) is 30.3 Å². The first-order chi connectivity index (χ1) is 49.9. The number of nitrogen functional groups attached to an aromatic ring is 1. The maximum atomic E-state index is 14.9. The molecule has 32 heteroatoms. The lowest BCUT2D eigenvalue weighted by molar-refractivity contribution is -0.385. The van der Waals surface area contributed by atoms with Crippen LogP contribution in [0.1, 0.15) is 58.3 Å². The summed E-state index contributed by atoms with van der Waals surface area (Å²) >= 11 is 5.71. The van der Waals surface area contributed by atoms with Gasteiger partial charge >= 0.3 is 0 Å². The summed E-state index contributed by atoms with van der Waals surface area (Å²) in [4.78, 5) is 44.7. The number of halogens is 10. The number of nitrogens with two attached hydrogens (primary N) is 1. The van der Waals surface area contributed by atoms with E-state index in [9.17, 15) is 59.7 Å². The highest BCUT2D eigenvalue weighted by molar-refractivity contribution is 6.28. The number of fused-ring (bicyclic) bond motifs is 2. The summed E-state index contributed by atoms with van der Waals surface area (Å²) in [6, 6.07) is 21.7. The Morgan fingerprint density at radius 1 is 0.442 bits per heavy atom. The number of rotatable bonds is 11. The minimum absolute atomic E-state index is 0.00334. The normalized spacial score (nSPS) is 15.5. The summed E-state index contributed by atoms with van der Waals surface area (Å²) in [5.41, 5.74) is 9.17. The van der Waals surface area contributed by atoms with Gasteiger partial charge in [0, 0.05) is 99.9 Å². The molecule has 2 N–H and O–H groups in total. The number of ether oxygens (including phenoxy) is 6. The van der Waals surface area contributed by atoms with Crippen molar-refractivity contribution in [2.24, 2.45) is 0 Å². The van der Waals surface area contributed by atoms with Crippen LogP contribution in [0.2, 0.25) is 5.28 Å². The summed E-state index contributed by atoms with van der Waals surface area (Å²) in [5, 5.41) is 20.3. The lowest BCUT2D eigenvalue weighted by Gasteiger charge is -2.34. The highest BCUT2D eigenvalue weighted by Gasteiger charge is 2.29. The van der Waals surface area contributed by atoms with E-state index in [2.05, 4.69) is 19.9 Å². The van der Waals surface area contributed by atoms with Crippen LogP contribution in [0.5, 0.6) is 11.5 Å². The minimum atomic E-state index is -1.21. The molecule has 2 aromatic heterocycles. The number of aromatic nitrogens is 4. The molecule has 22 nitrogen and oxygen atoms in total. The fourth-order valence-electron chi connectivity index (χ4n) is 11.6. The number of anilines is 6. The Balaban J connectivity index is 0.000000156. The van der Waals surface area contributed by atoms with E-state index in [4.69, 9.17) is 45.8 Å². The van der Waals surface area contributed by atoms with Crippen LogP contribution in [0.15, 0.2) is 109 Å². The van der Waals surface area contributed by atoms with Crippen molar-refractivity contribution in [1.82, 2.24) is 19.9 Å². The van der Waals surface area contributed by atoms with Gasteiger partial charge in [0.1, 0.15) is 42.1 Å². The molecule has 0 saturated carbocycles. The third-order valence-electron chi connectivity index (χ3n) is 16.9. The molecule has 0 spiro atoms. The third-order valence-corrected chi connectivity index (χ3v) is 17.0. The highest BCUT2D eigenvalue weighted by atomic mass is 35.5. The van der Waals surface area contributed by atoms with Gasteiger partial charge in [0.15, 0.2) is 52.2 Å². The number of morpholine rings is 3. The largest absolute Gasteiger partial charge is 0.486 e. The molecule has 6 aliphatic rings. The lowest BCUT2D eigenvalue weighted by Crippen LogP contribution is -2.38. The molecule has 14 rings (SSSR count). The van der Waals surface area contributed by atoms with Gasteiger partial charge in [0.25, 0.3) is 11.4 Å². The van der Waals surface area contributed by atoms with E-state index in [1.807, 2.05) is 58.3 Å². The van der Waals surface area contributed by atoms with E-state index in [0.29, 0.717) is 161 Å². The summed E-state index contributed by atoms with van der Waals surface area (Å²) < 4.78 is 156. The molecule has 8 aromatic rings. The second kappa shape index (κ2) is 37.6. The Morgan fingerprint density at radius 2 is 0.865 bits per heavy atom. The molecule has 0 aliphatic carbocycles. The van der Waals surface area contributed by atoms with E-state index < -0.39 is 56.3 Å². The van der Waals surface area contributed by atoms with Crippen LogP contribution in [0.25, 0.3) is 22.5 Å². The van der Waals surface area contributed by atoms with Crippen molar-refractivity contribution in [2.75, 3.05) is 149 Å². The summed E-state index contributed by atoms with van der Waals surface area (Å²) in [7, 11) is 0. The Labute approximate surface area is 599 Å². The molecule has 556 valence electrons. The van der Waals surface area contributed by atoms with Gasteiger partial charge in [-0.25, -0.2) is 59.4 Å². The molecule has 104 heavy (non-hydrogen) atoms. The maximum Gasteiger partial charge on any atom is 0.272 e. The van der Waals surface area contributed by atoms with Crippen molar-refractivity contribution in [3.8, 4) is 34.0 Å². The number of hydrogen-bond donors (Lipinski definition) is 1. The van der Waals surface area contributed by atoms with E-state index in [0.717, 1.165) is 50.8 Å². The van der Waals surface area contributed by atoms with Gasteiger partial charge in [-0.2, -0.15) is 0 Å². The molecule has 0 unspecified atom stereocenters. The predicted octanol–water partition coefficient (Wildman–Crippen LogP) is 14.2. The molecule has 8 heterocycles. The second-order valence-electron chi connectivity index (χ2n) is 24.6. The van der Waals surface area contributed by atoms with Crippen LogP contribution in [-0.4, -0.2) is 160 Å². The quantitative estimate of drug-likeness (QED) is 0.0416. The van der Waals surface area contributed by atoms with E-state index >= 15 is 0 Å². The number of benzene rings is 6. The number of nitro benzene ring substituents is 2. The Hall–Kier alpha value is -9.82. The lowest BCUT2D eigenvalue weighted by atomic mass is 10.1. The topological polar surface area (TPSA) is 235 Å². The highest BCUT2D eigenvalue weighted by Crippen LogP contribution is 2.41. The van der Waals surface area contributed by atoms with Gasteiger partial charge in [0.2, 0.25) is 5.28 Å². The number of nitro groups is 2.